The van der Waals surface area contributed by atoms with Gasteiger partial charge in [0.1, 0.15) is 15.5 Å². The number of rotatable bonds is 5. The highest BCUT2D eigenvalue weighted by atomic mass is 32.1. The molecule has 10 heteroatoms. The van der Waals surface area contributed by atoms with Gasteiger partial charge >= 0.3 is 5.97 Å². The van der Waals surface area contributed by atoms with Crippen LogP contribution in [0.15, 0.2) is 24.3 Å². The zero-order chi connectivity index (χ0) is 22.1. The molecule has 2 amide bonds. The van der Waals surface area contributed by atoms with Crippen molar-refractivity contribution < 1.29 is 19.1 Å². The molecule has 0 saturated carbocycles. The topological polar surface area (TPSA) is 128 Å². The van der Waals surface area contributed by atoms with Gasteiger partial charge in [-0.25, -0.2) is 14.8 Å². The van der Waals surface area contributed by atoms with Crippen molar-refractivity contribution in [3.05, 3.63) is 40.7 Å². The van der Waals surface area contributed by atoms with Gasteiger partial charge in [-0.1, -0.05) is 12.1 Å². The lowest BCUT2D eigenvalue weighted by atomic mass is 10.2. The number of nitrogens with zero attached hydrogens (tertiary/aromatic N) is 3. The van der Waals surface area contributed by atoms with Crippen LogP contribution in [0.25, 0.3) is 10.2 Å². The third kappa shape index (κ3) is 4.06. The second-order valence-electron chi connectivity index (χ2n) is 7.17. The number of hydrogen-bond acceptors (Lipinski definition) is 8. The lowest BCUT2D eigenvalue weighted by Gasteiger charge is -2.19. The number of carbonyl (C=O) groups excluding carboxylic acids is 3. The second-order valence-corrected chi connectivity index (χ2v) is 8.17. The first kappa shape index (κ1) is 20.7. The third-order valence-corrected chi connectivity index (χ3v) is 6.02. The van der Waals surface area contributed by atoms with Gasteiger partial charge in [0.25, 0.3) is 5.91 Å². The van der Waals surface area contributed by atoms with Crippen molar-refractivity contribution in [2.75, 3.05) is 29.1 Å². The van der Waals surface area contributed by atoms with Gasteiger partial charge in [0.2, 0.25) is 5.91 Å². The summed E-state index contributed by atoms with van der Waals surface area (Å²) in [6.45, 7) is 3.68. The molecule has 0 aliphatic carbocycles. The minimum atomic E-state index is -0.698. The van der Waals surface area contributed by atoms with Gasteiger partial charge in [0.15, 0.2) is 6.61 Å². The number of carbonyl (C=O) groups is 3. The summed E-state index contributed by atoms with van der Waals surface area (Å²) in [4.78, 5) is 48.0. The average molecular weight is 439 g/mol. The maximum absolute atomic E-state index is 12.5. The monoisotopic (exact) mass is 439 g/mol. The molecule has 3 heterocycles. The van der Waals surface area contributed by atoms with E-state index < -0.39 is 18.5 Å². The normalized spacial score (nSPS) is 13.6. The highest BCUT2D eigenvalue weighted by Gasteiger charge is 2.25. The summed E-state index contributed by atoms with van der Waals surface area (Å²) >= 11 is 1.11. The Morgan fingerprint density at radius 3 is 2.77 bits per heavy atom. The summed E-state index contributed by atoms with van der Waals surface area (Å²) < 4.78 is 5.18. The highest BCUT2D eigenvalue weighted by Crippen LogP contribution is 2.34. The maximum Gasteiger partial charge on any atom is 0.351 e. The molecule has 1 aliphatic heterocycles. The molecule has 1 fully saturated rings. The van der Waals surface area contributed by atoms with Crippen LogP contribution in [0.5, 0.6) is 0 Å². The van der Waals surface area contributed by atoms with Crippen LogP contribution in [0.3, 0.4) is 0 Å². The van der Waals surface area contributed by atoms with Crippen LogP contribution in [0.1, 0.15) is 34.0 Å². The fourth-order valence-corrected chi connectivity index (χ4v) is 4.67. The summed E-state index contributed by atoms with van der Waals surface area (Å²) in [5, 5.41) is 3.33. The van der Waals surface area contributed by atoms with Crippen molar-refractivity contribution >= 4 is 56.4 Å². The van der Waals surface area contributed by atoms with Crippen molar-refractivity contribution in [2.24, 2.45) is 0 Å². The summed E-state index contributed by atoms with van der Waals surface area (Å²) in [7, 11) is 0. The Kier molecular flexibility index (Phi) is 5.55. The number of aromatic nitrogens is 2. The van der Waals surface area contributed by atoms with Gasteiger partial charge in [0, 0.05) is 13.0 Å². The molecule has 3 aromatic rings. The number of nitrogen functional groups attached to an aromatic ring is 1. The van der Waals surface area contributed by atoms with Crippen molar-refractivity contribution in [2.45, 2.75) is 26.7 Å². The third-order valence-electron chi connectivity index (χ3n) is 4.94. The Morgan fingerprint density at radius 2 is 2.03 bits per heavy atom. The number of anilines is 3. The Bertz CT molecular complexity index is 1210. The molecule has 0 atom stereocenters. The van der Waals surface area contributed by atoms with E-state index in [1.54, 1.807) is 43.0 Å². The molecule has 0 radical (unpaired) electrons. The zero-order valence-corrected chi connectivity index (χ0v) is 17.9. The molecule has 31 heavy (non-hydrogen) atoms. The average Bonchev–Trinajstić information content (AvgIpc) is 3.29. The molecule has 0 spiro atoms. The summed E-state index contributed by atoms with van der Waals surface area (Å²) in [6.07, 6.45) is 1.26. The standard InChI is InChI=1S/C21H21N5O4S/c1-11-17-18(22)19(31-20(17)24-12(2)23-11)21(29)30-10-15(27)25-13-6-3-4-7-14(13)26-9-5-8-16(26)28/h3-4,6-7H,5,8-10,22H2,1-2H3,(H,25,27). The molecule has 9 nitrogen and oxygen atoms in total. The van der Waals surface area contributed by atoms with Crippen molar-refractivity contribution in [1.82, 2.24) is 9.97 Å². The van der Waals surface area contributed by atoms with E-state index in [9.17, 15) is 14.4 Å². The number of nitrogens with two attached hydrogens (primary N) is 1. The molecule has 160 valence electrons. The minimum Gasteiger partial charge on any atom is -0.451 e. The van der Waals surface area contributed by atoms with Gasteiger partial charge in [0.05, 0.1) is 28.1 Å². The van der Waals surface area contributed by atoms with E-state index >= 15 is 0 Å². The van der Waals surface area contributed by atoms with Gasteiger partial charge in [-0.2, -0.15) is 0 Å². The Balaban J connectivity index is 1.45. The molecule has 1 aromatic carbocycles. The molecule has 1 saturated heterocycles. The fourth-order valence-electron chi connectivity index (χ4n) is 3.58. The molecule has 0 unspecified atom stereocenters. The predicted octanol–water partition coefficient (Wildman–Crippen LogP) is 2.81. The van der Waals surface area contributed by atoms with Crippen LogP contribution < -0.4 is 16.0 Å². The minimum absolute atomic E-state index is 0.0157. The first-order valence-electron chi connectivity index (χ1n) is 9.74. The van der Waals surface area contributed by atoms with Gasteiger partial charge in [-0.15, -0.1) is 11.3 Å². The van der Waals surface area contributed by atoms with Crippen LogP contribution in [0.2, 0.25) is 0 Å². The van der Waals surface area contributed by atoms with Crippen LogP contribution in [0.4, 0.5) is 17.1 Å². The molecule has 0 bridgehead atoms. The number of nitrogens with one attached hydrogen (secondary N) is 1. The zero-order valence-electron chi connectivity index (χ0n) is 17.1. The number of fused-ring (bicyclic) bond motifs is 1. The number of hydrogen-bond donors (Lipinski definition) is 2. The van der Waals surface area contributed by atoms with E-state index in [-0.39, 0.29) is 16.5 Å². The van der Waals surface area contributed by atoms with Crippen LogP contribution in [0, 0.1) is 13.8 Å². The number of aryl methyl sites for hydroxylation is 2. The van der Waals surface area contributed by atoms with Crippen LogP contribution in [-0.2, 0) is 14.3 Å². The second kappa shape index (κ2) is 8.31. The lowest BCUT2D eigenvalue weighted by molar-refractivity contribution is -0.119. The van der Waals surface area contributed by atoms with Gasteiger partial charge in [-0.05, 0) is 32.4 Å². The van der Waals surface area contributed by atoms with Crippen molar-refractivity contribution in [3.8, 4) is 0 Å². The number of ether oxygens (including phenoxy) is 1. The van der Waals surface area contributed by atoms with E-state index in [0.29, 0.717) is 46.1 Å². The summed E-state index contributed by atoms with van der Waals surface area (Å²) in [5.74, 6) is -0.614. The number of thiophene rings is 1. The molecule has 1 aliphatic rings. The summed E-state index contributed by atoms with van der Waals surface area (Å²) in [6, 6.07) is 7.03. The van der Waals surface area contributed by atoms with E-state index in [1.165, 1.54) is 0 Å². The smallest absolute Gasteiger partial charge is 0.351 e. The van der Waals surface area contributed by atoms with Crippen LogP contribution >= 0.6 is 11.3 Å². The Hall–Kier alpha value is -3.53. The predicted molar refractivity (Wildman–Crippen MR) is 118 cm³/mol. The molecule has 4 rings (SSSR count). The van der Waals surface area contributed by atoms with Gasteiger partial charge < -0.3 is 20.7 Å². The van der Waals surface area contributed by atoms with E-state index in [0.717, 1.165) is 17.8 Å². The highest BCUT2D eigenvalue weighted by molar-refractivity contribution is 7.21. The number of amides is 2. The SMILES string of the molecule is Cc1nc(C)c2c(N)c(C(=O)OCC(=O)Nc3ccccc3N3CCCC3=O)sc2n1. The molecular formula is C21H21N5O4S. The molecule has 3 N–H and O–H groups in total. The van der Waals surface area contributed by atoms with Gasteiger partial charge in [-0.3, -0.25) is 9.59 Å². The van der Waals surface area contributed by atoms with E-state index in [1.807, 2.05) is 0 Å². The van der Waals surface area contributed by atoms with Crippen LogP contribution in [-0.4, -0.2) is 40.9 Å². The maximum atomic E-state index is 12.5. The van der Waals surface area contributed by atoms with Crippen molar-refractivity contribution in [1.29, 1.82) is 0 Å². The number of esters is 1. The lowest BCUT2D eigenvalue weighted by Crippen LogP contribution is -2.27. The first-order valence-corrected chi connectivity index (χ1v) is 10.6. The quantitative estimate of drug-likeness (QED) is 0.585. The first-order chi connectivity index (χ1) is 14.8. The van der Waals surface area contributed by atoms with Crippen molar-refractivity contribution in [3.63, 3.8) is 0 Å². The largest absolute Gasteiger partial charge is 0.451 e. The molecule has 2 aromatic heterocycles. The van der Waals surface area contributed by atoms with E-state index in [2.05, 4.69) is 15.3 Å². The Labute approximate surface area is 182 Å². The molecular weight excluding hydrogens is 418 g/mol. The van der Waals surface area contributed by atoms with E-state index in [4.69, 9.17) is 10.5 Å². The number of benzene rings is 1. The fraction of sp³-hybridized carbons (Fsp3) is 0.286. The number of para-hydroxylation sites is 2. The Morgan fingerprint density at radius 1 is 1.26 bits per heavy atom. The summed E-state index contributed by atoms with van der Waals surface area (Å²) in [5.41, 5.74) is 8.16.